The highest BCUT2D eigenvalue weighted by molar-refractivity contribution is 5.29. The zero-order valence-corrected chi connectivity index (χ0v) is 9.85. The molecule has 0 aromatic rings. The van der Waals surface area contributed by atoms with Gasteiger partial charge in [0, 0.05) is 5.92 Å². The normalized spacial score (nSPS) is 33.5. The molecule has 0 saturated carbocycles. The molecule has 2 heterocycles. The van der Waals surface area contributed by atoms with Crippen LogP contribution in [0.5, 0.6) is 0 Å². The summed E-state index contributed by atoms with van der Waals surface area (Å²) in [6, 6.07) is 1.22. The molecule has 1 N–H and O–H groups in total. The van der Waals surface area contributed by atoms with Crippen LogP contribution in [-0.2, 0) is 4.74 Å². The Kier molecular flexibility index (Phi) is 2.15. The van der Waals surface area contributed by atoms with E-state index in [1.54, 1.807) is 0 Å². The molecule has 0 aliphatic carbocycles. The maximum Gasteiger partial charge on any atom is 0.105 e. The fourth-order valence-electron chi connectivity index (χ4n) is 2.05. The molecule has 0 aromatic heterocycles. The Morgan fingerprint density at radius 2 is 2.07 bits per heavy atom. The molecule has 2 heteroatoms. The Hall–Kier alpha value is -0.500. The highest BCUT2D eigenvalue weighted by Crippen LogP contribution is 2.39. The van der Waals surface area contributed by atoms with Crippen molar-refractivity contribution in [3.05, 3.63) is 11.3 Å². The lowest BCUT2D eigenvalue weighted by molar-refractivity contribution is 0.126. The fraction of sp³-hybridized carbons (Fsp3) is 0.833. The van der Waals surface area contributed by atoms with E-state index in [-0.39, 0.29) is 0 Å². The molecule has 14 heavy (non-hydrogen) atoms. The zero-order chi connectivity index (χ0) is 10.5. The van der Waals surface area contributed by atoms with E-state index >= 15 is 0 Å². The van der Waals surface area contributed by atoms with E-state index in [1.165, 1.54) is 11.3 Å². The van der Waals surface area contributed by atoms with Gasteiger partial charge in [0.2, 0.25) is 0 Å². The Morgan fingerprint density at radius 1 is 1.43 bits per heavy atom. The highest BCUT2D eigenvalue weighted by atomic mass is 16.5. The molecule has 2 nitrogen and oxygen atoms in total. The van der Waals surface area contributed by atoms with E-state index in [0.717, 1.165) is 6.61 Å². The number of allylic oxidation sites excluding steroid dienone is 1. The van der Waals surface area contributed by atoms with Gasteiger partial charge in [-0.3, -0.25) is 0 Å². The van der Waals surface area contributed by atoms with Crippen LogP contribution >= 0.6 is 0 Å². The topological polar surface area (TPSA) is 31.2 Å². The molecule has 80 valence electrons. The van der Waals surface area contributed by atoms with Crippen molar-refractivity contribution in [1.29, 1.82) is 0 Å². The van der Waals surface area contributed by atoms with Crippen LogP contribution in [0.1, 0.15) is 34.6 Å². The minimum Gasteiger partial charge on any atom is -0.496 e. The lowest BCUT2D eigenvalue weighted by Gasteiger charge is -2.32. The summed E-state index contributed by atoms with van der Waals surface area (Å²) < 4.78 is 5.85. The molecule has 0 aromatic carbocycles. The number of hydrogen-bond donors (Lipinski definition) is 1. The summed E-state index contributed by atoms with van der Waals surface area (Å²) in [6.45, 7) is 12.1. The highest BCUT2D eigenvalue weighted by Gasteiger charge is 2.44. The van der Waals surface area contributed by atoms with Gasteiger partial charge >= 0.3 is 0 Å². The third kappa shape index (κ3) is 1.56. The standard InChI is InChI=1S/C12H21NO/c1-7-10-9(13-10)6-14-11(7)8(2)12(3,4)5/h8-10,13H,6H2,1-5H3. The van der Waals surface area contributed by atoms with Crippen molar-refractivity contribution in [2.24, 2.45) is 11.3 Å². The predicted molar refractivity (Wildman–Crippen MR) is 58.0 cm³/mol. The average Bonchev–Trinajstić information content (AvgIpc) is 2.82. The molecule has 0 amide bonds. The van der Waals surface area contributed by atoms with Crippen molar-refractivity contribution in [2.75, 3.05) is 6.61 Å². The zero-order valence-electron chi connectivity index (χ0n) is 9.85. The van der Waals surface area contributed by atoms with E-state index in [9.17, 15) is 0 Å². The Balaban J connectivity index is 2.20. The van der Waals surface area contributed by atoms with Crippen molar-refractivity contribution >= 4 is 0 Å². The van der Waals surface area contributed by atoms with Crippen molar-refractivity contribution in [2.45, 2.75) is 46.7 Å². The summed E-state index contributed by atoms with van der Waals surface area (Å²) in [5.74, 6) is 1.73. The number of nitrogens with one attached hydrogen (secondary N) is 1. The molecular formula is C12H21NO. The molecule has 3 unspecified atom stereocenters. The maximum atomic E-state index is 5.85. The first-order chi connectivity index (χ1) is 6.41. The van der Waals surface area contributed by atoms with Gasteiger partial charge in [0.15, 0.2) is 0 Å². The molecule has 1 fully saturated rings. The van der Waals surface area contributed by atoms with Crippen molar-refractivity contribution < 1.29 is 4.74 Å². The predicted octanol–water partition coefficient (Wildman–Crippen LogP) is 2.31. The van der Waals surface area contributed by atoms with Gasteiger partial charge in [0.05, 0.1) is 17.8 Å². The molecule has 3 atom stereocenters. The van der Waals surface area contributed by atoms with Gasteiger partial charge in [0.25, 0.3) is 0 Å². The second-order valence-electron chi connectivity index (χ2n) is 5.70. The number of hydrogen-bond acceptors (Lipinski definition) is 2. The first kappa shape index (κ1) is 10.0. The molecule has 2 aliphatic heterocycles. The van der Waals surface area contributed by atoms with Crippen LogP contribution < -0.4 is 5.32 Å². The summed E-state index contributed by atoms with van der Waals surface area (Å²) in [6.07, 6.45) is 0. The Bertz CT molecular complexity index is 275. The van der Waals surface area contributed by atoms with E-state index in [1.807, 2.05) is 0 Å². The molecule has 2 aliphatic rings. The van der Waals surface area contributed by atoms with E-state index < -0.39 is 0 Å². The van der Waals surface area contributed by atoms with Gasteiger partial charge in [-0.15, -0.1) is 0 Å². The molecule has 0 spiro atoms. The van der Waals surface area contributed by atoms with Crippen LogP contribution in [0.15, 0.2) is 11.3 Å². The second-order valence-corrected chi connectivity index (χ2v) is 5.70. The van der Waals surface area contributed by atoms with Crippen molar-refractivity contribution in [3.8, 4) is 0 Å². The van der Waals surface area contributed by atoms with Gasteiger partial charge < -0.3 is 10.1 Å². The lowest BCUT2D eigenvalue weighted by atomic mass is 9.79. The number of fused-ring (bicyclic) bond motifs is 1. The van der Waals surface area contributed by atoms with Crippen LogP contribution in [0.3, 0.4) is 0 Å². The lowest BCUT2D eigenvalue weighted by Crippen LogP contribution is -2.26. The maximum absolute atomic E-state index is 5.85. The first-order valence-corrected chi connectivity index (χ1v) is 5.51. The molecular weight excluding hydrogens is 174 g/mol. The Labute approximate surface area is 86.7 Å². The van der Waals surface area contributed by atoms with Crippen LogP contribution in [-0.4, -0.2) is 18.7 Å². The summed E-state index contributed by atoms with van der Waals surface area (Å²) in [5.41, 5.74) is 1.71. The van der Waals surface area contributed by atoms with Crippen LogP contribution in [0.25, 0.3) is 0 Å². The SMILES string of the molecule is CC1=C(C(C)C(C)(C)C)OCC2NC12. The monoisotopic (exact) mass is 195 g/mol. The minimum absolute atomic E-state index is 0.290. The third-order valence-corrected chi connectivity index (χ3v) is 3.65. The fourth-order valence-corrected chi connectivity index (χ4v) is 2.05. The second kappa shape index (κ2) is 2.99. The van der Waals surface area contributed by atoms with Gasteiger partial charge in [-0.05, 0) is 17.9 Å². The number of ether oxygens (including phenoxy) is 1. The molecule has 0 bridgehead atoms. The van der Waals surface area contributed by atoms with Crippen molar-refractivity contribution in [3.63, 3.8) is 0 Å². The molecule has 2 rings (SSSR count). The van der Waals surface area contributed by atoms with E-state index in [2.05, 4.69) is 39.9 Å². The minimum atomic E-state index is 0.290. The first-order valence-electron chi connectivity index (χ1n) is 5.51. The third-order valence-electron chi connectivity index (χ3n) is 3.65. The summed E-state index contributed by atoms with van der Waals surface area (Å²) in [4.78, 5) is 0. The van der Waals surface area contributed by atoms with Crippen LogP contribution in [0.2, 0.25) is 0 Å². The summed E-state index contributed by atoms with van der Waals surface area (Å²) in [7, 11) is 0. The quantitative estimate of drug-likeness (QED) is 0.651. The average molecular weight is 195 g/mol. The smallest absolute Gasteiger partial charge is 0.105 e. The van der Waals surface area contributed by atoms with Crippen LogP contribution in [0.4, 0.5) is 0 Å². The van der Waals surface area contributed by atoms with Gasteiger partial charge in [0.1, 0.15) is 6.61 Å². The van der Waals surface area contributed by atoms with Gasteiger partial charge in [-0.1, -0.05) is 27.7 Å². The molecule has 0 radical (unpaired) electrons. The van der Waals surface area contributed by atoms with Crippen molar-refractivity contribution in [1.82, 2.24) is 5.32 Å². The summed E-state index contributed by atoms with van der Waals surface area (Å²) >= 11 is 0. The van der Waals surface area contributed by atoms with Gasteiger partial charge in [-0.25, -0.2) is 0 Å². The Morgan fingerprint density at radius 3 is 2.64 bits per heavy atom. The summed E-state index contributed by atoms with van der Waals surface area (Å²) in [5, 5.41) is 3.43. The van der Waals surface area contributed by atoms with E-state index in [4.69, 9.17) is 4.74 Å². The number of rotatable bonds is 1. The van der Waals surface area contributed by atoms with E-state index in [0.29, 0.717) is 23.4 Å². The van der Waals surface area contributed by atoms with Crippen LogP contribution in [0, 0.1) is 11.3 Å². The largest absolute Gasteiger partial charge is 0.496 e. The molecule has 1 saturated heterocycles. The van der Waals surface area contributed by atoms with Gasteiger partial charge in [-0.2, -0.15) is 0 Å².